The molecule has 1 aliphatic rings. The standard InChI is InChI=1S/C17H26N2O3/c1-18(2)12-17(21)10-11-19(13-17)16(20)9-8-14-6-4-5-7-15(14)22-3/h4-7,21H,8-13H2,1-3H3/t17-/m1/s1. The molecule has 5 nitrogen and oxygen atoms in total. The lowest BCUT2D eigenvalue weighted by atomic mass is 10.0. The van der Waals surface area contributed by atoms with Gasteiger partial charge in [-0.25, -0.2) is 0 Å². The molecule has 1 aromatic carbocycles. The van der Waals surface area contributed by atoms with Crippen molar-refractivity contribution in [3.63, 3.8) is 0 Å². The molecule has 0 bridgehead atoms. The van der Waals surface area contributed by atoms with Gasteiger partial charge in [0.05, 0.1) is 19.3 Å². The molecule has 1 N–H and O–H groups in total. The van der Waals surface area contributed by atoms with Gasteiger partial charge in [-0.1, -0.05) is 18.2 Å². The van der Waals surface area contributed by atoms with Crippen molar-refractivity contribution in [2.24, 2.45) is 0 Å². The Morgan fingerprint density at radius 2 is 2.14 bits per heavy atom. The van der Waals surface area contributed by atoms with E-state index < -0.39 is 5.60 Å². The molecular formula is C17H26N2O3. The van der Waals surface area contributed by atoms with Gasteiger partial charge < -0.3 is 19.6 Å². The molecule has 22 heavy (non-hydrogen) atoms. The Kier molecular flexibility index (Phi) is 5.42. The summed E-state index contributed by atoms with van der Waals surface area (Å²) in [4.78, 5) is 16.1. The van der Waals surface area contributed by atoms with Crippen LogP contribution in [0, 0.1) is 0 Å². The van der Waals surface area contributed by atoms with Crippen molar-refractivity contribution in [3.05, 3.63) is 29.8 Å². The summed E-state index contributed by atoms with van der Waals surface area (Å²) < 4.78 is 5.31. The Morgan fingerprint density at radius 1 is 1.41 bits per heavy atom. The molecule has 0 radical (unpaired) electrons. The third-order valence-corrected chi connectivity index (χ3v) is 4.10. The molecule has 0 aliphatic carbocycles. The Labute approximate surface area is 132 Å². The molecule has 2 rings (SSSR count). The lowest BCUT2D eigenvalue weighted by molar-refractivity contribution is -0.131. The molecule has 5 heteroatoms. The van der Waals surface area contributed by atoms with Crippen molar-refractivity contribution in [3.8, 4) is 5.75 Å². The maximum Gasteiger partial charge on any atom is 0.223 e. The van der Waals surface area contributed by atoms with E-state index in [0.717, 1.165) is 11.3 Å². The fourth-order valence-corrected chi connectivity index (χ4v) is 3.10. The number of likely N-dealkylation sites (tertiary alicyclic amines) is 1. The maximum atomic E-state index is 12.4. The van der Waals surface area contributed by atoms with Gasteiger partial charge in [-0.05, 0) is 38.6 Å². The normalized spacial score (nSPS) is 21.4. The van der Waals surface area contributed by atoms with Crippen LogP contribution in [0.2, 0.25) is 0 Å². The number of aryl methyl sites for hydroxylation is 1. The number of hydrogen-bond donors (Lipinski definition) is 1. The van der Waals surface area contributed by atoms with Crippen molar-refractivity contribution < 1.29 is 14.6 Å². The summed E-state index contributed by atoms with van der Waals surface area (Å²) in [5.41, 5.74) is 0.268. The van der Waals surface area contributed by atoms with Gasteiger partial charge in [0.25, 0.3) is 0 Å². The van der Waals surface area contributed by atoms with Crippen molar-refractivity contribution >= 4 is 5.91 Å². The summed E-state index contributed by atoms with van der Waals surface area (Å²) in [5, 5.41) is 10.5. The van der Waals surface area contributed by atoms with Crippen molar-refractivity contribution in [2.75, 3.05) is 40.8 Å². The second-order valence-corrected chi connectivity index (χ2v) is 6.34. The van der Waals surface area contributed by atoms with Crippen LogP contribution in [0.1, 0.15) is 18.4 Å². The Balaban J connectivity index is 1.88. The quantitative estimate of drug-likeness (QED) is 0.857. The van der Waals surface area contributed by atoms with Crippen LogP contribution >= 0.6 is 0 Å². The van der Waals surface area contributed by atoms with E-state index >= 15 is 0 Å². The Morgan fingerprint density at radius 3 is 2.82 bits per heavy atom. The number of nitrogens with zero attached hydrogens (tertiary/aromatic N) is 2. The minimum atomic E-state index is -0.774. The van der Waals surface area contributed by atoms with Crippen LogP contribution in [0.25, 0.3) is 0 Å². The molecule has 0 saturated carbocycles. The summed E-state index contributed by atoms with van der Waals surface area (Å²) in [6, 6.07) is 7.77. The summed E-state index contributed by atoms with van der Waals surface area (Å²) in [5.74, 6) is 0.918. The number of likely N-dealkylation sites (N-methyl/N-ethyl adjacent to an activating group) is 1. The van der Waals surface area contributed by atoms with Crippen LogP contribution in [0.3, 0.4) is 0 Å². The number of hydrogen-bond acceptors (Lipinski definition) is 4. The Hall–Kier alpha value is -1.59. The number of aliphatic hydroxyl groups is 1. The zero-order valence-electron chi connectivity index (χ0n) is 13.7. The van der Waals surface area contributed by atoms with Gasteiger partial charge in [0.2, 0.25) is 5.91 Å². The molecule has 1 aromatic rings. The number of β-amino-alcohol motifs (C(OH)–C–C–N with tert-alkyl or cyclic N) is 1. The zero-order valence-corrected chi connectivity index (χ0v) is 13.7. The molecule has 0 unspecified atom stereocenters. The topological polar surface area (TPSA) is 53.0 Å². The highest BCUT2D eigenvalue weighted by Crippen LogP contribution is 2.24. The van der Waals surface area contributed by atoms with Crippen LogP contribution in [0.15, 0.2) is 24.3 Å². The molecule has 0 spiro atoms. The monoisotopic (exact) mass is 306 g/mol. The first-order chi connectivity index (χ1) is 10.4. The van der Waals surface area contributed by atoms with Gasteiger partial charge in [-0.15, -0.1) is 0 Å². The van der Waals surface area contributed by atoms with E-state index in [4.69, 9.17) is 4.74 Å². The number of amides is 1. The fourth-order valence-electron chi connectivity index (χ4n) is 3.10. The fraction of sp³-hybridized carbons (Fsp3) is 0.588. The third kappa shape index (κ3) is 4.21. The van der Waals surface area contributed by atoms with Crippen LogP contribution < -0.4 is 4.74 Å². The summed E-state index contributed by atoms with van der Waals surface area (Å²) >= 11 is 0. The lowest BCUT2D eigenvalue weighted by Crippen LogP contribution is -2.43. The zero-order chi connectivity index (χ0) is 16.2. The molecule has 0 aromatic heterocycles. The van der Waals surface area contributed by atoms with Gasteiger partial charge >= 0.3 is 0 Å². The van der Waals surface area contributed by atoms with Crippen LogP contribution in [0.4, 0.5) is 0 Å². The molecule has 122 valence electrons. The number of benzene rings is 1. The van der Waals surface area contributed by atoms with Gasteiger partial charge in [0.15, 0.2) is 0 Å². The van der Waals surface area contributed by atoms with E-state index in [1.165, 1.54) is 0 Å². The molecule has 1 atom stereocenters. The van der Waals surface area contributed by atoms with E-state index in [0.29, 0.717) is 38.9 Å². The minimum Gasteiger partial charge on any atom is -0.496 e. The predicted octanol–water partition coefficient (Wildman–Crippen LogP) is 1.15. The first-order valence-electron chi connectivity index (χ1n) is 7.70. The number of carbonyl (C=O) groups is 1. The molecule has 1 saturated heterocycles. The first-order valence-corrected chi connectivity index (χ1v) is 7.70. The largest absolute Gasteiger partial charge is 0.496 e. The van der Waals surface area contributed by atoms with Gasteiger partial charge in [0, 0.05) is 19.5 Å². The highest BCUT2D eigenvalue weighted by atomic mass is 16.5. The SMILES string of the molecule is COc1ccccc1CCC(=O)N1CC[C@@](O)(CN(C)C)C1. The highest BCUT2D eigenvalue weighted by Gasteiger charge is 2.38. The smallest absolute Gasteiger partial charge is 0.223 e. The third-order valence-electron chi connectivity index (χ3n) is 4.10. The summed E-state index contributed by atoms with van der Waals surface area (Å²) in [6.07, 6.45) is 1.75. The van der Waals surface area contributed by atoms with Crippen LogP contribution in [-0.4, -0.2) is 67.3 Å². The second-order valence-electron chi connectivity index (χ2n) is 6.34. The van der Waals surface area contributed by atoms with Crippen molar-refractivity contribution in [2.45, 2.75) is 24.9 Å². The number of rotatable bonds is 6. The Bertz CT molecular complexity index is 518. The van der Waals surface area contributed by atoms with Crippen LogP contribution in [-0.2, 0) is 11.2 Å². The number of carbonyl (C=O) groups excluding carboxylic acids is 1. The predicted molar refractivity (Wildman–Crippen MR) is 86.0 cm³/mol. The maximum absolute atomic E-state index is 12.4. The molecule has 1 aliphatic heterocycles. The van der Waals surface area contributed by atoms with Gasteiger partial charge in [0.1, 0.15) is 5.75 Å². The van der Waals surface area contributed by atoms with Crippen LogP contribution in [0.5, 0.6) is 5.75 Å². The number of methoxy groups -OCH3 is 1. The van der Waals surface area contributed by atoms with Gasteiger partial charge in [-0.2, -0.15) is 0 Å². The van der Waals surface area contributed by atoms with E-state index in [1.807, 2.05) is 43.3 Å². The minimum absolute atomic E-state index is 0.0978. The highest BCUT2D eigenvalue weighted by molar-refractivity contribution is 5.77. The lowest BCUT2D eigenvalue weighted by Gasteiger charge is -2.26. The second kappa shape index (κ2) is 7.11. The first kappa shape index (κ1) is 16.8. The number of ether oxygens (including phenoxy) is 1. The van der Waals surface area contributed by atoms with Gasteiger partial charge in [-0.3, -0.25) is 4.79 Å². The molecular weight excluding hydrogens is 280 g/mol. The van der Waals surface area contributed by atoms with E-state index in [9.17, 15) is 9.90 Å². The van der Waals surface area contributed by atoms with E-state index in [-0.39, 0.29) is 5.91 Å². The summed E-state index contributed by atoms with van der Waals surface area (Å²) in [6.45, 7) is 1.65. The number of para-hydroxylation sites is 1. The van der Waals surface area contributed by atoms with E-state index in [1.54, 1.807) is 12.0 Å². The molecule has 1 amide bonds. The summed E-state index contributed by atoms with van der Waals surface area (Å²) in [7, 11) is 5.51. The molecule has 1 heterocycles. The van der Waals surface area contributed by atoms with E-state index in [2.05, 4.69) is 0 Å². The van der Waals surface area contributed by atoms with Crippen molar-refractivity contribution in [1.82, 2.24) is 9.80 Å². The average Bonchev–Trinajstić information content (AvgIpc) is 2.86. The average molecular weight is 306 g/mol. The van der Waals surface area contributed by atoms with Crippen molar-refractivity contribution in [1.29, 1.82) is 0 Å². The molecule has 1 fully saturated rings.